The molecule has 1 aromatic carbocycles. The van der Waals surface area contributed by atoms with Crippen molar-refractivity contribution < 1.29 is 18.9 Å². The van der Waals surface area contributed by atoms with Gasteiger partial charge in [0.15, 0.2) is 0 Å². The molecule has 0 amide bonds. The highest BCUT2D eigenvalue weighted by Crippen LogP contribution is 2.22. The second kappa shape index (κ2) is 13.3. The number of thiol groups is 1. The Morgan fingerprint density at radius 2 is 0.967 bits per heavy atom. The number of anilines is 2. The average molecular weight is 456 g/mol. The van der Waals surface area contributed by atoms with Crippen LogP contribution in [0.4, 0.5) is 11.4 Å². The summed E-state index contributed by atoms with van der Waals surface area (Å²) < 4.78 is 23.1. The first-order valence-electron chi connectivity index (χ1n) is 10.6. The van der Waals surface area contributed by atoms with E-state index in [0.29, 0.717) is 57.2 Å². The third-order valence-corrected chi connectivity index (χ3v) is 5.80. The lowest BCUT2D eigenvalue weighted by molar-refractivity contribution is 0.00206. The van der Waals surface area contributed by atoms with Crippen molar-refractivity contribution in [2.45, 2.75) is 0 Å². The van der Waals surface area contributed by atoms with Crippen LogP contribution in [0.3, 0.4) is 0 Å². The Hall–Kier alpha value is -1.10. The summed E-state index contributed by atoms with van der Waals surface area (Å²) in [6, 6.07) is 8.77. The van der Waals surface area contributed by atoms with Crippen molar-refractivity contribution in [2.75, 3.05) is 102 Å². The maximum absolute atomic E-state index is 5.73. The monoisotopic (exact) mass is 455 g/mol. The van der Waals surface area contributed by atoms with E-state index in [9.17, 15) is 0 Å². The van der Waals surface area contributed by atoms with Gasteiger partial charge in [-0.15, -0.1) is 12.6 Å². The second-order valence-corrected chi connectivity index (χ2v) is 8.32. The van der Waals surface area contributed by atoms with E-state index in [1.165, 1.54) is 11.4 Å². The normalized spacial score (nSPS) is 21.0. The summed E-state index contributed by atoms with van der Waals surface area (Å²) in [4.78, 5) is 6.84. The van der Waals surface area contributed by atoms with Crippen molar-refractivity contribution in [3.05, 3.63) is 24.3 Å². The summed E-state index contributed by atoms with van der Waals surface area (Å²) >= 11 is 9.46. The molecule has 2 aliphatic heterocycles. The van der Waals surface area contributed by atoms with E-state index in [1.807, 2.05) is 0 Å². The molecule has 0 aliphatic carbocycles. The van der Waals surface area contributed by atoms with Crippen molar-refractivity contribution in [1.82, 2.24) is 4.90 Å². The van der Waals surface area contributed by atoms with Crippen LogP contribution in [0.2, 0.25) is 0 Å². The molecule has 0 saturated carbocycles. The number of benzene rings is 1. The first kappa shape index (κ1) is 23.6. The maximum atomic E-state index is 5.73. The van der Waals surface area contributed by atoms with Gasteiger partial charge in [0.1, 0.15) is 4.32 Å². The van der Waals surface area contributed by atoms with Crippen molar-refractivity contribution in [1.29, 1.82) is 0 Å². The van der Waals surface area contributed by atoms with Gasteiger partial charge in [0.05, 0.1) is 52.9 Å². The van der Waals surface area contributed by atoms with Gasteiger partial charge in [-0.1, -0.05) is 12.2 Å². The van der Waals surface area contributed by atoms with Crippen LogP contribution in [0, 0.1) is 0 Å². The third kappa shape index (κ3) is 7.86. The number of nitrogens with zero attached hydrogens (tertiary/aromatic N) is 3. The minimum Gasteiger partial charge on any atom is -0.377 e. The average Bonchev–Trinajstić information content (AvgIpc) is 2.78. The van der Waals surface area contributed by atoms with E-state index in [1.54, 1.807) is 0 Å². The molecule has 1 aromatic rings. The van der Waals surface area contributed by atoms with Gasteiger partial charge in [-0.3, -0.25) is 0 Å². The molecule has 2 saturated heterocycles. The number of thiocarbonyl (C=S) groups is 1. The first-order valence-corrected chi connectivity index (χ1v) is 11.5. The zero-order valence-corrected chi connectivity index (χ0v) is 19.2. The van der Waals surface area contributed by atoms with Crippen molar-refractivity contribution in [3.63, 3.8) is 0 Å². The largest absolute Gasteiger partial charge is 0.377 e. The van der Waals surface area contributed by atoms with Crippen LogP contribution >= 0.6 is 24.8 Å². The fourth-order valence-corrected chi connectivity index (χ4v) is 3.89. The fraction of sp³-hybridized carbons (Fsp3) is 0.667. The lowest BCUT2D eigenvalue weighted by Gasteiger charge is -2.36. The highest BCUT2D eigenvalue weighted by Gasteiger charge is 2.18. The van der Waals surface area contributed by atoms with Crippen molar-refractivity contribution in [2.24, 2.45) is 0 Å². The summed E-state index contributed by atoms with van der Waals surface area (Å²) in [5.74, 6) is 0. The lowest BCUT2D eigenvalue weighted by atomic mass is 10.2. The Labute approximate surface area is 190 Å². The van der Waals surface area contributed by atoms with E-state index in [4.69, 9.17) is 31.2 Å². The number of hydrogen-bond donors (Lipinski definition) is 1. The third-order valence-electron chi connectivity index (χ3n) is 5.26. The first-order chi connectivity index (χ1) is 14.7. The quantitative estimate of drug-likeness (QED) is 0.536. The maximum Gasteiger partial charge on any atom is 0.133 e. The summed E-state index contributed by atoms with van der Waals surface area (Å²) in [6.07, 6.45) is 0. The molecule has 168 valence electrons. The molecule has 2 heterocycles. The highest BCUT2D eigenvalue weighted by molar-refractivity contribution is 8.10. The van der Waals surface area contributed by atoms with Crippen LogP contribution in [-0.2, 0) is 18.9 Å². The number of rotatable bonds is 2. The molecular formula is C21H33N3O4S2. The Kier molecular flexibility index (Phi) is 10.5. The zero-order chi connectivity index (χ0) is 21.0. The number of hydrogen-bond acceptors (Lipinski definition) is 7. The standard InChI is InChI=1S/C21H33N3O4S2/c29-21(30)24-7-5-22(6-8-24)19-1-3-20(4-2-19)23-9-11-25-13-15-27-17-18-28-16-14-26-12-10-23/h1-4H,5-18H2,(H,29,30). The summed E-state index contributed by atoms with van der Waals surface area (Å²) in [5.41, 5.74) is 2.42. The van der Waals surface area contributed by atoms with E-state index >= 15 is 0 Å². The number of ether oxygens (including phenoxy) is 4. The summed E-state index contributed by atoms with van der Waals surface area (Å²) in [7, 11) is 0. The predicted molar refractivity (Wildman–Crippen MR) is 127 cm³/mol. The van der Waals surface area contributed by atoms with Crippen LogP contribution in [-0.4, -0.2) is 101 Å². The van der Waals surface area contributed by atoms with Crippen LogP contribution in [0.25, 0.3) is 0 Å². The molecule has 0 spiro atoms. The molecule has 0 aromatic heterocycles. The molecule has 0 N–H and O–H groups in total. The van der Waals surface area contributed by atoms with Gasteiger partial charge in [0.25, 0.3) is 0 Å². The molecule has 3 rings (SSSR count). The van der Waals surface area contributed by atoms with E-state index in [-0.39, 0.29) is 0 Å². The van der Waals surface area contributed by atoms with Crippen molar-refractivity contribution >= 4 is 40.5 Å². The minimum atomic E-state index is 0.595. The van der Waals surface area contributed by atoms with E-state index in [2.05, 4.69) is 51.6 Å². The molecule has 7 nitrogen and oxygen atoms in total. The molecule has 30 heavy (non-hydrogen) atoms. The summed E-state index contributed by atoms with van der Waals surface area (Å²) in [5, 5.41) is 0. The summed E-state index contributed by atoms with van der Waals surface area (Å²) in [6.45, 7) is 10.3. The SMILES string of the molecule is S=C(S)N1CCN(c2ccc(N3CCOCCOCCOCCOCC3)cc2)CC1. The predicted octanol–water partition coefficient (Wildman–Crippen LogP) is 1.91. The molecule has 0 bridgehead atoms. The van der Waals surface area contributed by atoms with Crippen LogP contribution < -0.4 is 9.80 Å². The Morgan fingerprint density at radius 1 is 0.600 bits per heavy atom. The highest BCUT2D eigenvalue weighted by atomic mass is 32.1. The minimum absolute atomic E-state index is 0.595. The fourth-order valence-electron chi connectivity index (χ4n) is 3.51. The molecule has 0 atom stereocenters. The van der Waals surface area contributed by atoms with Gasteiger partial charge in [-0.2, -0.15) is 0 Å². The van der Waals surface area contributed by atoms with Crippen molar-refractivity contribution in [3.8, 4) is 0 Å². The van der Waals surface area contributed by atoms with Gasteiger partial charge in [-0.25, -0.2) is 0 Å². The second-order valence-electron chi connectivity index (χ2n) is 7.21. The van der Waals surface area contributed by atoms with Gasteiger partial charge >= 0.3 is 0 Å². The Bertz CT molecular complexity index is 611. The van der Waals surface area contributed by atoms with E-state index in [0.717, 1.165) is 39.3 Å². The number of piperazine rings is 1. The molecule has 0 unspecified atom stereocenters. The van der Waals surface area contributed by atoms with Gasteiger partial charge in [-0.05, 0) is 24.3 Å². The van der Waals surface area contributed by atoms with E-state index < -0.39 is 0 Å². The Balaban J connectivity index is 1.54. The van der Waals surface area contributed by atoms with Gasteiger partial charge < -0.3 is 33.6 Å². The zero-order valence-electron chi connectivity index (χ0n) is 17.5. The molecular weight excluding hydrogens is 422 g/mol. The lowest BCUT2D eigenvalue weighted by Crippen LogP contribution is -2.47. The molecule has 0 radical (unpaired) electrons. The molecule has 9 heteroatoms. The Morgan fingerprint density at radius 3 is 1.37 bits per heavy atom. The molecule has 2 fully saturated rings. The van der Waals surface area contributed by atoms with Gasteiger partial charge in [0, 0.05) is 50.6 Å². The molecule has 2 aliphatic rings. The van der Waals surface area contributed by atoms with Crippen LogP contribution in [0.1, 0.15) is 0 Å². The van der Waals surface area contributed by atoms with Crippen LogP contribution in [0.5, 0.6) is 0 Å². The van der Waals surface area contributed by atoms with Crippen LogP contribution in [0.15, 0.2) is 24.3 Å². The topological polar surface area (TPSA) is 46.6 Å². The smallest absolute Gasteiger partial charge is 0.133 e. The van der Waals surface area contributed by atoms with Gasteiger partial charge in [0.2, 0.25) is 0 Å².